The van der Waals surface area contributed by atoms with E-state index in [2.05, 4.69) is 5.32 Å². The van der Waals surface area contributed by atoms with E-state index in [1.54, 1.807) is 23.1 Å². The van der Waals surface area contributed by atoms with Crippen molar-refractivity contribution >= 4 is 46.8 Å². The zero-order chi connectivity index (χ0) is 23.0. The Kier molecular flexibility index (Phi) is 9.73. The maximum Gasteiger partial charge on any atom is 0.243 e. The van der Waals surface area contributed by atoms with Crippen LogP contribution in [-0.4, -0.2) is 34.0 Å². The van der Waals surface area contributed by atoms with Gasteiger partial charge in [0, 0.05) is 27.9 Å². The van der Waals surface area contributed by atoms with Crippen LogP contribution in [0.5, 0.6) is 0 Å². The number of halogens is 2. The van der Waals surface area contributed by atoms with Crippen molar-refractivity contribution in [2.45, 2.75) is 58.0 Å². The maximum atomic E-state index is 13.2. The average molecular weight is 481 g/mol. The van der Waals surface area contributed by atoms with Gasteiger partial charge in [0.25, 0.3) is 0 Å². The summed E-state index contributed by atoms with van der Waals surface area (Å²) < 4.78 is 0. The molecule has 168 valence electrons. The van der Waals surface area contributed by atoms with Gasteiger partial charge < -0.3 is 10.2 Å². The van der Waals surface area contributed by atoms with E-state index < -0.39 is 6.04 Å². The van der Waals surface area contributed by atoms with E-state index in [0.717, 1.165) is 11.1 Å². The highest BCUT2D eigenvalue weighted by atomic mass is 35.5. The summed E-state index contributed by atoms with van der Waals surface area (Å²) in [4.78, 5) is 27.9. The van der Waals surface area contributed by atoms with Crippen LogP contribution in [-0.2, 0) is 21.9 Å². The zero-order valence-electron chi connectivity index (χ0n) is 18.5. The van der Waals surface area contributed by atoms with E-state index in [1.165, 1.54) is 11.8 Å². The predicted molar refractivity (Wildman–Crippen MR) is 132 cm³/mol. The molecule has 7 heteroatoms. The molecule has 0 aliphatic carbocycles. The Bertz CT molecular complexity index is 865. The molecule has 2 aromatic rings. The molecule has 0 radical (unpaired) electrons. The van der Waals surface area contributed by atoms with Gasteiger partial charge in [-0.05, 0) is 50.5 Å². The standard InChI is InChI=1S/C24H30Cl2N2O2S/c1-5-21(23(30)27-24(2,3)4)28(14-17-10-7-6-8-11-17)22(29)16-31-15-18-19(25)12-9-13-20(18)26/h6-13,21H,5,14-16H2,1-4H3,(H,27,30). The molecule has 4 nitrogen and oxygen atoms in total. The Morgan fingerprint density at radius 2 is 1.65 bits per heavy atom. The molecule has 0 fully saturated rings. The molecule has 0 spiro atoms. The lowest BCUT2D eigenvalue weighted by Crippen LogP contribution is -2.53. The Labute approximate surface area is 199 Å². The third kappa shape index (κ3) is 8.06. The highest BCUT2D eigenvalue weighted by Gasteiger charge is 2.30. The summed E-state index contributed by atoms with van der Waals surface area (Å²) >= 11 is 13.9. The summed E-state index contributed by atoms with van der Waals surface area (Å²) in [7, 11) is 0. The van der Waals surface area contributed by atoms with Crippen LogP contribution >= 0.6 is 35.0 Å². The molecule has 2 aromatic carbocycles. The van der Waals surface area contributed by atoms with Crippen LogP contribution in [0.4, 0.5) is 0 Å². The quantitative estimate of drug-likeness (QED) is 0.482. The lowest BCUT2D eigenvalue weighted by atomic mass is 10.1. The Hall–Kier alpha value is -1.69. The number of rotatable bonds is 9. The van der Waals surface area contributed by atoms with Crippen molar-refractivity contribution in [1.29, 1.82) is 0 Å². The van der Waals surface area contributed by atoms with Gasteiger partial charge in [0.2, 0.25) is 11.8 Å². The van der Waals surface area contributed by atoms with Crippen molar-refractivity contribution in [3.8, 4) is 0 Å². The molecule has 1 atom stereocenters. The maximum absolute atomic E-state index is 13.2. The van der Waals surface area contributed by atoms with Crippen molar-refractivity contribution in [3.63, 3.8) is 0 Å². The van der Waals surface area contributed by atoms with E-state index in [0.29, 0.717) is 28.8 Å². The third-order valence-electron chi connectivity index (χ3n) is 4.61. The zero-order valence-corrected chi connectivity index (χ0v) is 20.8. The van der Waals surface area contributed by atoms with Crippen LogP contribution < -0.4 is 5.32 Å². The Morgan fingerprint density at radius 1 is 1.03 bits per heavy atom. The van der Waals surface area contributed by atoms with E-state index in [-0.39, 0.29) is 23.1 Å². The molecule has 31 heavy (non-hydrogen) atoms. The number of benzene rings is 2. The molecule has 0 heterocycles. The molecule has 0 aliphatic rings. The van der Waals surface area contributed by atoms with E-state index in [4.69, 9.17) is 23.2 Å². The van der Waals surface area contributed by atoms with E-state index in [9.17, 15) is 9.59 Å². The highest BCUT2D eigenvalue weighted by molar-refractivity contribution is 7.99. The summed E-state index contributed by atoms with van der Waals surface area (Å²) in [6.07, 6.45) is 0.529. The van der Waals surface area contributed by atoms with Crippen molar-refractivity contribution < 1.29 is 9.59 Å². The third-order valence-corrected chi connectivity index (χ3v) is 6.27. The fourth-order valence-corrected chi connectivity index (χ4v) is 4.79. The number of hydrogen-bond donors (Lipinski definition) is 1. The first-order valence-corrected chi connectivity index (χ1v) is 12.2. The molecule has 0 saturated heterocycles. The van der Waals surface area contributed by atoms with E-state index >= 15 is 0 Å². The van der Waals surface area contributed by atoms with Crippen LogP contribution in [0, 0.1) is 0 Å². The second kappa shape index (κ2) is 11.8. The number of hydrogen-bond acceptors (Lipinski definition) is 3. The minimum Gasteiger partial charge on any atom is -0.350 e. The number of amides is 2. The molecule has 2 amide bonds. The van der Waals surface area contributed by atoms with Crippen molar-refractivity contribution in [2.75, 3.05) is 5.75 Å². The Morgan fingerprint density at radius 3 is 2.19 bits per heavy atom. The van der Waals surface area contributed by atoms with Gasteiger partial charge in [-0.15, -0.1) is 11.8 Å². The number of carbonyl (C=O) groups excluding carboxylic acids is 2. The lowest BCUT2D eigenvalue weighted by molar-refractivity contribution is -0.140. The molecule has 1 N–H and O–H groups in total. The first-order valence-electron chi connectivity index (χ1n) is 10.3. The predicted octanol–water partition coefficient (Wildman–Crippen LogP) is 5.95. The summed E-state index contributed by atoms with van der Waals surface area (Å²) in [6, 6.07) is 14.6. The number of carbonyl (C=O) groups is 2. The molecular weight excluding hydrogens is 451 g/mol. The number of nitrogens with one attached hydrogen (secondary N) is 1. The summed E-state index contributed by atoms with van der Waals surface area (Å²) in [5.74, 6) is 0.522. The van der Waals surface area contributed by atoms with Gasteiger partial charge >= 0.3 is 0 Å². The van der Waals surface area contributed by atoms with Crippen LogP contribution in [0.2, 0.25) is 10.0 Å². The SMILES string of the molecule is CCC(C(=O)NC(C)(C)C)N(Cc1ccccc1)C(=O)CSCc1c(Cl)cccc1Cl. The van der Waals surface area contributed by atoms with Crippen molar-refractivity contribution in [3.05, 3.63) is 69.7 Å². The van der Waals surface area contributed by atoms with Gasteiger partial charge in [0.15, 0.2) is 0 Å². The van der Waals surface area contributed by atoms with Crippen molar-refractivity contribution in [2.24, 2.45) is 0 Å². The van der Waals surface area contributed by atoms with Gasteiger partial charge in [0.05, 0.1) is 5.75 Å². The average Bonchev–Trinajstić information content (AvgIpc) is 2.69. The molecule has 0 aliphatic heterocycles. The minimum absolute atomic E-state index is 0.0899. The monoisotopic (exact) mass is 480 g/mol. The largest absolute Gasteiger partial charge is 0.350 e. The van der Waals surface area contributed by atoms with E-state index in [1.807, 2.05) is 58.0 Å². The fraction of sp³-hybridized carbons (Fsp3) is 0.417. The van der Waals surface area contributed by atoms with Gasteiger partial charge in [-0.25, -0.2) is 0 Å². The second-order valence-electron chi connectivity index (χ2n) is 8.36. The molecule has 1 unspecified atom stereocenters. The summed E-state index contributed by atoms with van der Waals surface area (Å²) in [5.41, 5.74) is 1.43. The minimum atomic E-state index is -0.545. The van der Waals surface area contributed by atoms with Gasteiger partial charge in [-0.1, -0.05) is 66.5 Å². The molecule has 0 bridgehead atoms. The Balaban J connectivity index is 2.16. The fourth-order valence-electron chi connectivity index (χ4n) is 3.15. The first-order chi connectivity index (χ1) is 14.6. The topological polar surface area (TPSA) is 49.4 Å². The second-order valence-corrected chi connectivity index (χ2v) is 10.2. The summed E-state index contributed by atoms with van der Waals surface area (Å²) in [5, 5.41) is 4.19. The molecular formula is C24H30Cl2N2O2S. The smallest absolute Gasteiger partial charge is 0.243 e. The number of nitrogens with zero attached hydrogens (tertiary/aromatic N) is 1. The van der Waals surface area contributed by atoms with Crippen LogP contribution in [0.25, 0.3) is 0 Å². The van der Waals surface area contributed by atoms with Gasteiger partial charge in [-0.3, -0.25) is 9.59 Å². The van der Waals surface area contributed by atoms with Crippen molar-refractivity contribution in [1.82, 2.24) is 10.2 Å². The van der Waals surface area contributed by atoms with Crippen LogP contribution in [0.1, 0.15) is 45.2 Å². The van der Waals surface area contributed by atoms with Gasteiger partial charge in [0.1, 0.15) is 6.04 Å². The lowest BCUT2D eigenvalue weighted by Gasteiger charge is -2.33. The van der Waals surface area contributed by atoms with Crippen LogP contribution in [0.15, 0.2) is 48.5 Å². The van der Waals surface area contributed by atoms with Gasteiger partial charge in [-0.2, -0.15) is 0 Å². The number of thioether (sulfide) groups is 1. The molecule has 0 aromatic heterocycles. The first kappa shape index (κ1) is 25.6. The van der Waals surface area contributed by atoms with Crippen LogP contribution in [0.3, 0.4) is 0 Å². The molecule has 0 saturated carbocycles. The molecule has 2 rings (SSSR count). The normalized spacial score (nSPS) is 12.3. The highest BCUT2D eigenvalue weighted by Crippen LogP contribution is 2.28. The summed E-state index contributed by atoms with van der Waals surface area (Å²) in [6.45, 7) is 8.11.